The summed E-state index contributed by atoms with van der Waals surface area (Å²) < 4.78 is 0. The third-order valence-electron chi connectivity index (χ3n) is 9.08. The Morgan fingerprint density at radius 2 is 1.73 bits per heavy atom. The number of thiazole rings is 1. The number of anilines is 2. The summed E-state index contributed by atoms with van der Waals surface area (Å²) in [7, 11) is 3.18. The van der Waals surface area contributed by atoms with E-state index in [2.05, 4.69) is 10.3 Å². The largest absolute Gasteiger partial charge is 0.510 e. The van der Waals surface area contributed by atoms with Gasteiger partial charge in [-0.15, -0.1) is 11.3 Å². The number of amides is 1. The molecule has 0 saturated heterocycles. The smallest absolute Gasteiger partial charge is 0.255 e. The van der Waals surface area contributed by atoms with Crippen molar-refractivity contribution >= 4 is 45.4 Å². The van der Waals surface area contributed by atoms with Crippen molar-refractivity contribution in [3.05, 3.63) is 75.4 Å². The van der Waals surface area contributed by atoms with Gasteiger partial charge in [0.2, 0.25) is 0 Å². The molecule has 1 aromatic heterocycles. The van der Waals surface area contributed by atoms with E-state index in [4.69, 9.17) is 5.73 Å². The molecule has 6 atom stereocenters. The summed E-state index contributed by atoms with van der Waals surface area (Å²) >= 11 is 1.39. The van der Waals surface area contributed by atoms with E-state index in [1.165, 1.54) is 16.2 Å². The molecule has 1 amide bonds. The van der Waals surface area contributed by atoms with Crippen LogP contribution in [0.2, 0.25) is 0 Å². The van der Waals surface area contributed by atoms with Crippen LogP contribution >= 0.6 is 11.3 Å². The van der Waals surface area contributed by atoms with Gasteiger partial charge in [0, 0.05) is 27.8 Å². The van der Waals surface area contributed by atoms with Gasteiger partial charge in [0.1, 0.15) is 22.8 Å². The molecule has 6 rings (SSSR count). The van der Waals surface area contributed by atoms with Gasteiger partial charge >= 0.3 is 0 Å². The Morgan fingerprint density at radius 3 is 2.36 bits per heavy atom. The number of hydrogen-bond acceptors (Lipinski definition) is 11. The van der Waals surface area contributed by atoms with Crippen LogP contribution in [-0.2, 0) is 14.4 Å². The quantitative estimate of drug-likeness (QED) is 0.141. The Balaban J connectivity index is 1.44. The number of Topliss-reactive ketones (excluding diaryl/α,β-unsaturated/α-hetero) is 2. The lowest BCUT2D eigenvalue weighted by molar-refractivity contribution is -0.143. The summed E-state index contributed by atoms with van der Waals surface area (Å²) in [4.78, 5) is 46.9. The molecule has 1 fully saturated rings. The van der Waals surface area contributed by atoms with Crippen molar-refractivity contribution in [2.24, 2.45) is 23.5 Å². The number of carbonyl (C=O) groups is 3. The zero-order valence-electron chi connectivity index (χ0n) is 24.4. The topological polar surface area (TPSA) is 186 Å². The summed E-state index contributed by atoms with van der Waals surface area (Å²) in [6.07, 6.45) is -1.37. The van der Waals surface area contributed by atoms with Crippen LogP contribution in [0.25, 0.3) is 17.0 Å². The Morgan fingerprint density at radius 1 is 1.05 bits per heavy atom. The fourth-order valence-corrected chi connectivity index (χ4v) is 7.99. The molecule has 1 saturated carbocycles. The van der Waals surface area contributed by atoms with E-state index < -0.39 is 70.4 Å². The molecule has 3 aliphatic rings. The average molecular weight is 617 g/mol. The standard InChI is InChI=1S/C32H32N4O7S/c1-12-15-10-11-16(34-32-35-23(13(2)44-32)14-8-6-5-7-9-14)25(37)18(15)27(39)20-17(12)26(38)19-21(28(20)40)29(41)22(31(33)43)30(42)24(19)36(3)4/h5-12,17,19,21,24,26,37-39,42H,1-4H3,(H2,33,43)(H,34,35)/t12-,17?,19?,21?,24-,26-/m0/s1. The number of phenolic OH excluding ortho intramolecular Hbond substituents is 1. The van der Waals surface area contributed by atoms with Crippen LogP contribution in [0.1, 0.15) is 28.8 Å². The summed E-state index contributed by atoms with van der Waals surface area (Å²) in [6.45, 7) is 3.70. The molecule has 3 aromatic rings. The van der Waals surface area contributed by atoms with Gasteiger partial charge in [0.05, 0.1) is 35.0 Å². The number of phenols is 1. The number of aliphatic hydroxyl groups is 3. The lowest BCUT2D eigenvalue weighted by Crippen LogP contribution is -2.61. The van der Waals surface area contributed by atoms with Crippen molar-refractivity contribution in [1.29, 1.82) is 0 Å². The maximum absolute atomic E-state index is 14.1. The number of nitrogens with one attached hydrogen (secondary N) is 1. The molecule has 7 N–H and O–H groups in total. The number of nitrogens with zero attached hydrogens (tertiary/aromatic N) is 2. The zero-order chi connectivity index (χ0) is 31.8. The number of benzene rings is 2. The maximum atomic E-state index is 14.1. The van der Waals surface area contributed by atoms with Gasteiger partial charge in [-0.3, -0.25) is 19.3 Å². The predicted octanol–water partition coefficient (Wildman–Crippen LogP) is 3.56. The highest BCUT2D eigenvalue weighted by Gasteiger charge is 2.60. The van der Waals surface area contributed by atoms with Crippen LogP contribution in [-0.4, -0.2) is 74.0 Å². The van der Waals surface area contributed by atoms with Gasteiger partial charge in [-0.05, 0) is 38.6 Å². The van der Waals surface area contributed by atoms with Gasteiger partial charge in [-0.2, -0.15) is 0 Å². The third kappa shape index (κ3) is 4.24. The van der Waals surface area contributed by atoms with Crippen LogP contribution in [0.5, 0.6) is 5.75 Å². The van der Waals surface area contributed by atoms with Crippen molar-refractivity contribution in [3.63, 3.8) is 0 Å². The summed E-state index contributed by atoms with van der Waals surface area (Å²) in [5.41, 5.74) is 6.98. The number of fused-ring (bicyclic) bond motifs is 3. The van der Waals surface area contributed by atoms with Crippen LogP contribution in [0, 0.1) is 24.7 Å². The summed E-state index contributed by atoms with van der Waals surface area (Å²) in [6, 6.07) is 11.9. The SMILES string of the molecule is Cc1sc(Nc2ccc3c(c2O)C(O)=C2C(=O)C4C(=O)C(C(N)=O)=C(O)[C@@H](N(C)C)C4[C@@H](O)C2[C@H]3C)nc1-c1ccccc1. The highest BCUT2D eigenvalue weighted by Crippen LogP contribution is 2.55. The molecule has 3 unspecified atom stereocenters. The molecule has 0 spiro atoms. The number of aromatic nitrogens is 1. The van der Waals surface area contributed by atoms with Gasteiger partial charge in [-0.1, -0.05) is 43.3 Å². The Bertz CT molecular complexity index is 1790. The monoisotopic (exact) mass is 616 g/mol. The van der Waals surface area contributed by atoms with Crippen LogP contribution < -0.4 is 11.1 Å². The second kappa shape index (κ2) is 10.6. The molecule has 0 bridgehead atoms. The number of hydrogen-bond donors (Lipinski definition) is 6. The van der Waals surface area contributed by atoms with Crippen LogP contribution in [0.15, 0.2) is 59.4 Å². The first-order chi connectivity index (χ1) is 20.8. The number of aromatic hydroxyl groups is 1. The minimum absolute atomic E-state index is 0.00485. The van der Waals surface area contributed by atoms with Gasteiger partial charge in [0.15, 0.2) is 16.7 Å². The highest BCUT2D eigenvalue weighted by atomic mass is 32.1. The Kier molecular flexibility index (Phi) is 7.10. The first-order valence-corrected chi connectivity index (χ1v) is 14.9. The first kappa shape index (κ1) is 29.5. The molecule has 228 valence electrons. The molecule has 2 aromatic carbocycles. The summed E-state index contributed by atoms with van der Waals surface area (Å²) in [5.74, 6) is -8.68. The predicted molar refractivity (Wildman–Crippen MR) is 164 cm³/mol. The number of primary amides is 1. The molecule has 0 aliphatic heterocycles. The Hall–Kier alpha value is -4.52. The van der Waals surface area contributed by atoms with Crippen molar-refractivity contribution in [3.8, 4) is 17.0 Å². The van der Waals surface area contributed by atoms with E-state index in [-0.39, 0.29) is 22.6 Å². The van der Waals surface area contributed by atoms with E-state index in [1.54, 1.807) is 33.2 Å². The first-order valence-electron chi connectivity index (χ1n) is 14.1. The highest BCUT2D eigenvalue weighted by molar-refractivity contribution is 7.16. The van der Waals surface area contributed by atoms with Crippen LogP contribution in [0.4, 0.5) is 10.8 Å². The van der Waals surface area contributed by atoms with E-state index in [0.717, 1.165) is 16.1 Å². The lowest BCUT2D eigenvalue weighted by Gasteiger charge is -2.50. The van der Waals surface area contributed by atoms with Crippen molar-refractivity contribution in [2.45, 2.75) is 31.9 Å². The van der Waals surface area contributed by atoms with Gasteiger partial charge in [0.25, 0.3) is 5.91 Å². The molecular formula is C32H32N4O7S. The molecule has 11 nitrogen and oxygen atoms in total. The summed E-state index contributed by atoms with van der Waals surface area (Å²) in [5, 5.41) is 49.3. The fourth-order valence-electron chi connectivity index (χ4n) is 7.14. The van der Waals surface area contributed by atoms with Gasteiger partial charge in [-0.25, -0.2) is 4.98 Å². The number of carbonyl (C=O) groups excluding carboxylic acids is 3. The maximum Gasteiger partial charge on any atom is 0.255 e. The van der Waals surface area contributed by atoms with Crippen LogP contribution in [0.3, 0.4) is 0 Å². The van der Waals surface area contributed by atoms with E-state index >= 15 is 0 Å². The van der Waals surface area contributed by atoms with Gasteiger partial charge < -0.3 is 31.5 Å². The van der Waals surface area contributed by atoms with E-state index in [9.17, 15) is 34.8 Å². The Labute approximate surface area is 257 Å². The molecular weight excluding hydrogens is 584 g/mol. The third-order valence-corrected chi connectivity index (χ3v) is 9.96. The second-order valence-corrected chi connectivity index (χ2v) is 12.9. The number of aryl methyl sites for hydroxylation is 1. The van der Waals surface area contributed by atoms with Crippen molar-refractivity contribution in [1.82, 2.24) is 9.88 Å². The molecule has 44 heavy (non-hydrogen) atoms. The zero-order valence-corrected chi connectivity index (χ0v) is 25.2. The number of nitrogens with two attached hydrogens (primary N) is 1. The number of aliphatic hydroxyl groups excluding tert-OH is 3. The minimum Gasteiger partial charge on any atom is -0.510 e. The molecule has 12 heteroatoms. The number of likely N-dealkylation sites (N-methyl/N-ethyl adjacent to an activating group) is 1. The van der Waals surface area contributed by atoms with E-state index in [0.29, 0.717) is 10.7 Å². The molecule has 0 radical (unpaired) electrons. The molecule has 3 aliphatic carbocycles. The number of rotatable bonds is 5. The minimum atomic E-state index is -1.57. The average Bonchev–Trinajstić information content (AvgIpc) is 3.34. The fraction of sp³-hybridized carbons (Fsp3) is 0.312. The van der Waals surface area contributed by atoms with Crippen molar-refractivity contribution in [2.75, 3.05) is 19.4 Å². The second-order valence-electron chi connectivity index (χ2n) is 11.7. The number of ketones is 2. The normalized spacial score (nSPS) is 26.4. The van der Waals surface area contributed by atoms with Crippen molar-refractivity contribution < 1.29 is 34.8 Å². The lowest BCUT2D eigenvalue weighted by atomic mass is 9.56. The molecule has 1 heterocycles. The van der Waals surface area contributed by atoms with E-state index in [1.807, 2.05) is 37.3 Å².